The minimum Gasteiger partial charge on any atom is -0.346 e. The molecular formula is C26H30N2O3S. The molecule has 5 nitrogen and oxygen atoms in total. The summed E-state index contributed by atoms with van der Waals surface area (Å²) in [5, 5.41) is 3.02. The minimum absolute atomic E-state index is 0.116. The molecule has 1 amide bonds. The van der Waals surface area contributed by atoms with Crippen molar-refractivity contribution in [3.8, 4) is 0 Å². The highest BCUT2D eigenvalue weighted by Gasteiger charge is 2.18. The van der Waals surface area contributed by atoms with Crippen molar-refractivity contribution in [1.29, 1.82) is 0 Å². The van der Waals surface area contributed by atoms with Crippen LogP contribution >= 0.6 is 0 Å². The summed E-state index contributed by atoms with van der Waals surface area (Å²) >= 11 is 0. The number of sulfonamides is 1. The molecule has 0 bridgehead atoms. The van der Waals surface area contributed by atoms with E-state index in [1.165, 1.54) is 16.1 Å². The number of nitrogens with one attached hydrogen (secondary N) is 1. The summed E-state index contributed by atoms with van der Waals surface area (Å²) in [7, 11) is -3.46. The van der Waals surface area contributed by atoms with Gasteiger partial charge in [0.05, 0.1) is 24.5 Å². The van der Waals surface area contributed by atoms with E-state index < -0.39 is 10.0 Å². The molecule has 0 spiro atoms. The smallest absolute Gasteiger partial charge is 0.251 e. The van der Waals surface area contributed by atoms with Crippen molar-refractivity contribution in [2.45, 2.75) is 39.8 Å². The van der Waals surface area contributed by atoms with E-state index in [-0.39, 0.29) is 18.5 Å². The molecule has 3 aromatic carbocycles. The number of amides is 1. The Morgan fingerprint density at radius 3 is 2.16 bits per heavy atom. The predicted molar refractivity (Wildman–Crippen MR) is 130 cm³/mol. The molecule has 0 saturated heterocycles. The first-order chi connectivity index (χ1) is 15.2. The number of hydrogen-bond donors (Lipinski definition) is 1. The van der Waals surface area contributed by atoms with Gasteiger partial charge in [-0.05, 0) is 66.8 Å². The number of carbonyl (C=O) groups is 1. The molecule has 32 heavy (non-hydrogen) atoms. The van der Waals surface area contributed by atoms with E-state index in [2.05, 4.69) is 24.4 Å². The zero-order valence-electron chi connectivity index (χ0n) is 19.0. The number of benzene rings is 3. The van der Waals surface area contributed by atoms with E-state index in [1.54, 1.807) is 30.3 Å². The summed E-state index contributed by atoms with van der Waals surface area (Å²) in [6.45, 7) is 6.19. The average molecular weight is 451 g/mol. The summed E-state index contributed by atoms with van der Waals surface area (Å²) in [6, 6.07) is 22.6. The molecule has 0 fully saturated rings. The maximum atomic E-state index is 12.7. The molecule has 0 saturated carbocycles. The van der Waals surface area contributed by atoms with Gasteiger partial charge in [0.1, 0.15) is 0 Å². The quantitative estimate of drug-likeness (QED) is 0.524. The Labute approximate surface area is 191 Å². The van der Waals surface area contributed by atoms with Gasteiger partial charge in [0.15, 0.2) is 0 Å². The lowest BCUT2D eigenvalue weighted by molar-refractivity contribution is 0.0940. The van der Waals surface area contributed by atoms with Crippen molar-refractivity contribution in [3.63, 3.8) is 0 Å². The van der Waals surface area contributed by atoms with Crippen LogP contribution in [-0.4, -0.2) is 20.6 Å². The Morgan fingerprint density at radius 2 is 1.59 bits per heavy atom. The summed E-state index contributed by atoms with van der Waals surface area (Å²) in [5.74, 6) is -0.165. The van der Waals surface area contributed by atoms with Gasteiger partial charge < -0.3 is 5.32 Å². The molecule has 168 valence electrons. The molecule has 1 atom stereocenters. The van der Waals surface area contributed by atoms with Crippen LogP contribution in [0.15, 0.2) is 72.8 Å². The normalized spacial score (nSPS) is 12.2. The van der Waals surface area contributed by atoms with Gasteiger partial charge >= 0.3 is 0 Å². The monoisotopic (exact) mass is 450 g/mol. The van der Waals surface area contributed by atoms with E-state index in [9.17, 15) is 13.2 Å². The Hall–Kier alpha value is -3.12. The zero-order valence-corrected chi connectivity index (χ0v) is 19.8. The molecule has 3 aromatic rings. The van der Waals surface area contributed by atoms with Crippen LogP contribution in [0.4, 0.5) is 5.69 Å². The van der Waals surface area contributed by atoms with E-state index in [1.807, 2.05) is 44.2 Å². The Bertz CT molecular complexity index is 1170. The molecule has 0 aliphatic rings. The molecular weight excluding hydrogens is 420 g/mol. The van der Waals surface area contributed by atoms with Crippen LogP contribution in [0.2, 0.25) is 0 Å². The van der Waals surface area contributed by atoms with Crippen molar-refractivity contribution in [3.05, 3.63) is 101 Å². The first-order valence-electron chi connectivity index (χ1n) is 10.7. The van der Waals surface area contributed by atoms with Gasteiger partial charge in [0.25, 0.3) is 5.91 Å². The number of aryl methyl sites for hydroxylation is 2. The molecule has 0 aromatic heterocycles. The molecule has 0 aliphatic carbocycles. The van der Waals surface area contributed by atoms with Crippen LogP contribution in [0.25, 0.3) is 0 Å². The molecule has 0 aliphatic heterocycles. The van der Waals surface area contributed by atoms with E-state index >= 15 is 0 Å². The average Bonchev–Trinajstić information content (AvgIpc) is 2.77. The van der Waals surface area contributed by atoms with Gasteiger partial charge in [0.2, 0.25) is 10.0 Å². The highest BCUT2D eigenvalue weighted by molar-refractivity contribution is 7.92. The van der Waals surface area contributed by atoms with Gasteiger partial charge in [-0.15, -0.1) is 0 Å². The van der Waals surface area contributed by atoms with E-state index in [4.69, 9.17) is 0 Å². The Kier molecular flexibility index (Phi) is 7.36. The third kappa shape index (κ3) is 5.98. The second kappa shape index (κ2) is 10.0. The maximum absolute atomic E-state index is 12.7. The largest absolute Gasteiger partial charge is 0.346 e. The van der Waals surface area contributed by atoms with Crippen molar-refractivity contribution in [2.75, 3.05) is 10.6 Å². The molecule has 0 unspecified atom stereocenters. The number of rotatable bonds is 8. The summed E-state index contributed by atoms with van der Waals surface area (Å²) in [4.78, 5) is 12.7. The molecule has 0 heterocycles. The second-order valence-corrected chi connectivity index (χ2v) is 10.0. The third-order valence-corrected chi connectivity index (χ3v) is 6.61. The first kappa shape index (κ1) is 23.5. The zero-order chi connectivity index (χ0) is 23.3. The van der Waals surface area contributed by atoms with Crippen molar-refractivity contribution in [2.24, 2.45) is 0 Å². The van der Waals surface area contributed by atoms with Gasteiger partial charge in [0, 0.05) is 5.56 Å². The lowest BCUT2D eigenvalue weighted by Gasteiger charge is -2.23. The standard InChI is InChI=1S/C26H30N2O3S/c1-5-21-9-13-23(14-10-21)20(3)27-26(29)24-15-11-22(12-16-24)18-28(32(4,30)31)25-8-6-7-19(2)17-25/h6-17,20H,5,18H2,1-4H3,(H,27,29)/t20-/m0/s1. The molecule has 1 N–H and O–H groups in total. The third-order valence-electron chi connectivity index (χ3n) is 5.47. The van der Waals surface area contributed by atoms with E-state index in [0.717, 1.165) is 23.1 Å². The topological polar surface area (TPSA) is 66.5 Å². The Morgan fingerprint density at radius 1 is 0.969 bits per heavy atom. The fourth-order valence-corrected chi connectivity index (χ4v) is 4.40. The SMILES string of the molecule is CCc1ccc([C@H](C)NC(=O)c2ccc(CN(c3cccc(C)c3)S(C)(=O)=O)cc2)cc1. The van der Waals surface area contributed by atoms with Crippen molar-refractivity contribution < 1.29 is 13.2 Å². The highest BCUT2D eigenvalue weighted by atomic mass is 32.2. The molecule has 3 rings (SSSR count). The van der Waals surface area contributed by atoms with Crippen LogP contribution in [-0.2, 0) is 23.0 Å². The lowest BCUT2D eigenvalue weighted by Crippen LogP contribution is -2.29. The summed E-state index contributed by atoms with van der Waals surface area (Å²) < 4.78 is 26.1. The van der Waals surface area contributed by atoms with E-state index in [0.29, 0.717) is 11.3 Å². The Balaban J connectivity index is 1.71. The minimum atomic E-state index is -3.46. The summed E-state index contributed by atoms with van der Waals surface area (Å²) in [6.07, 6.45) is 2.18. The van der Waals surface area contributed by atoms with Gasteiger partial charge in [-0.25, -0.2) is 8.42 Å². The van der Waals surface area contributed by atoms with Crippen LogP contribution < -0.4 is 9.62 Å². The number of nitrogens with zero attached hydrogens (tertiary/aromatic N) is 1. The lowest BCUT2D eigenvalue weighted by atomic mass is 10.0. The van der Waals surface area contributed by atoms with Crippen LogP contribution in [0.1, 0.15) is 52.5 Å². The maximum Gasteiger partial charge on any atom is 0.251 e. The predicted octanol–water partition coefficient (Wildman–Crippen LogP) is 5.01. The van der Waals surface area contributed by atoms with Crippen molar-refractivity contribution in [1.82, 2.24) is 5.32 Å². The molecule has 6 heteroatoms. The number of carbonyl (C=O) groups excluding carboxylic acids is 1. The van der Waals surface area contributed by atoms with Crippen LogP contribution in [0.5, 0.6) is 0 Å². The van der Waals surface area contributed by atoms with Crippen molar-refractivity contribution >= 4 is 21.6 Å². The van der Waals surface area contributed by atoms with Crippen LogP contribution in [0, 0.1) is 6.92 Å². The fraction of sp³-hybridized carbons (Fsp3) is 0.269. The van der Waals surface area contributed by atoms with Gasteiger partial charge in [-0.2, -0.15) is 0 Å². The van der Waals surface area contributed by atoms with Crippen LogP contribution in [0.3, 0.4) is 0 Å². The highest BCUT2D eigenvalue weighted by Crippen LogP contribution is 2.22. The summed E-state index contributed by atoms with van der Waals surface area (Å²) in [5.41, 5.74) is 5.26. The first-order valence-corrected chi connectivity index (χ1v) is 12.5. The second-order valence-electron chi connectivity index (χ2n) is 8.10. The number of hydrogen-bond acceptors (Lipinski definition) is 3. The van der Waals surface area contributed by atoms with Gasteiger partial charge in [-0.3, -0.25) is 9.10 Å². The van der Waals surface area contributed by atoms with Gasteiger partial charge in [-0.1, -0.05) is 55.5 Å². The fourth-order valence-electron chi connectivity index (χ4n) is 3.52. The number of anilines is 1. The molecule has 0 radical (unpaired) electrons.